The van der Waals surface area contributed by atoms with Crippen molar-refractivity contribution in [2.45, 2.75) is 71.6 Å². The highest BCUT2D eigenvalue weighted by Gasteiger charge is 2.01. The third-order valence-corrected chi connectivity index (χ3v) is 2.75. The number of allylic oxidation sites excluding steroid dienone is 2. The molecule has 0 aliphatic rings. The molecule has 0 aromatic carbocycles. The molecule has 0 aliphatic carbocycles. The zero-order valence-corrected chi connectivity index (χ0v) is 11.5. The lowest BCUT2D eigenvalue weighted by atomic mass is 10.1. The zero-order valence-electron chi connectivity index (χ0n) is 11.5. The molecule has 0 fully saturated rings. The smallest absolute Gasteiger partial charge is 0.305 e. The topological polar surface area (TPSA) is 26.3 Å². The highest BCUT2D eigenvalue weighted by atomic mass is 16.5. The van der Waals surface area contributed by atoms with Gasteiger partial charge in [0.2, 0.25) is 0 Å². The largest absolute Gasteiger partial charge is 0.466 e. The lowest BCUT2D eigenvalue weighted by Gasteiger charge is -2.03. The molecule has 0 bridgehead atoms. The summed E-state index contributed by atoms with van der Waals surface area (Å²) in [6.07, 6.45) is 14.1. The van der Waals surface area contributed by atoms with Gasteiger partial charge in [-0.15, -0.1) is 0 Å². The Bertz CT molecular complexity index is 197. The van der Waals surface area contributed by atoms with Gasteiger partial charge >= 0.3 is 5.97 Å². The number of hydrogen-bond acceptors (Lipinski definition) is 2. The average Bonchev–Trinajstić information content (AvgIpc) is 2.33. The number of esters is 1. The Morgan fingerprint density at radius 1 is 1.06 bits per heavy atom. The highest BCUT2D eigenvalue weighted by molar-refractivity contribution is 5.69. The maximum absolute atomic E-state index is 11.3. The minimum atomic E-state index is -0.0210. The van der Waals surface area contributed by atoms with Gasteiger partial charge in [0.1, 0.15) is 0 Å². The number of rotatable bonds is 11. The van der Waals surface area contributed by atoms with Crippen LogP contribution in [0.4, 0.5) is 0 Å². The van der Waals surface area contributed by atoms with Crippen molar-refractivity contribution in [2.75, 3.05) is 6.61 Å². The predicted octanol–water partition coefficient (Wildman–Crippen LogP) is 4.64. The second-order valence-corrected chi connectivity index (χ2v) is 4.45. The molecule has 0 saturated heterocycles. The first-order valence-electron chi connectivity index (χ1n) is 7.08. The van der Waals surface area contributed by atoms with Crippen LogP contribution in [0.1, 0.15) is 71.6 Å². The van der Waals surface area contributed by atoms with Crippen LogP contribution in [0.3, 0.4) is 0 Å². The summed E-state index contributed by atoms with van der Waals surface area (Å²) in [6, 6.07) is 0. The first-order chi connectivity index (χ1) is 8.31. The van der Waals surface area contributed by atoms with Gasteiger partial charge in [-0.3, -0.25) is 4.79 Å². The molecule has 0 atom stereocenters. The SMILES string of the molecule is CC=CCCCCCCCC(=O)OCCCC. The Labute approximate surface area is 106 Å². The van der Waals surface area contributed by atoms with Crippen LogP contribution in [0.25, 0.3) is 0 Å². The average molecular weight is 240 g/mol. The van der Waals surface area contributed by atoms with Gasteiger partial charge in [0.05, 0.1) is 6.61 Å². The van der Waals surface area contributed by atoms with Gasteiger partial charge in [-0.1, -0.05) is 44.8 Å². The molecule has 2 nitrogen and oxygen atoms in total. The van der Waals surface area contributed by atoms with E-state index < -0.39 is 0 Å². The quantitative estimate of drug-likeness (QED) is 0.299. The summed E-state index contributed by atoms with van der Waals surface area (Å²) < 4.78 is 5.09. The van der Waals surface area contributed by atoms with Gasteiger partial charge in [0, 0.05) is 6.42 Å². The van der Waals surface area contributed by atoms with E-state index in [2.05, 4.69) is 26.0 Å². The van der Waals surface area contributed by atoms with Crippen LogP contribution in [0.15, 0.2) is 12.2 Å². The Morgan fingerprint density at radius 3 is 2.47 bits per heavy atom. The summed E-state index contributed by atoms with van der Waals surface area (Å²) >= 11 is 0. The molecular formula is C15H28O2. The van der Waals surface area contributed by atoms with Crippen molar-refractivity contribution in [3.63, 3.8) is 0 Å². The van der Waals surface area contributed by atoms with Crippen molar-refractivity contribution >= 4 is 5.97 Å². The van der Waals surface area contributed by atoms with Crippen LogP contribution in [-0.2, 0) is 9.53 Å². The number of ether oxygens (including phenoxy) is 1. The van der Waals surface area contributed by atoms with Gasteiger partial charge in [0.15, 0.2) is 0 Å². The zero-order chi connectivity index (χ0) is 12.8. The van der Waals surface area contributed by atoms with E-state index in [4.69, 9.17) is 4.74 Å². The summed E-state index contributed by atoms with van der Waals surface area (Å²) in [7, 11) is 0. The minimum Gasteiger partial charge on any atom is -0.466 e. The van der Waals surface area contributed by atoms with Crippen molar-refractivity contribution in [3.8, 4) is 0 Å². The molecule has 2 heteroatoms. The highest BCUT2D eigenvalue weighted by Crippen LogP contribution is 2.08. The molecule has 0 rings (SSSR count). The normalized spacial score (nSPS) is 10.9. The molecule has 0 N–H and O–H groups in total. The molecule has 0 amide bonds. The predicted molar refractivity (Wildman–Crippen MR) is 73.0 cm³/mol. The van der Waals surface area contributed by atoms with Crippen LogP contribution in [-0.4, -0.2) is 12.6 Å². The number of unbranched alkanes of at least 4 members (excludes halogenated alkanes) is 6. The summed E-state index contributed by atoms with van der Waals surface area (Å²) in [5.41, 5.74) is 0. The van der Waals surface area contributed by atoms with E-state index in [9.17, 15) is 4.79 Å². The van der Waals surface area contributed by atoms with Crippen LogP contribution in [0.5, 0.6) is 0 Å². The van der Waals surface area contributed by atoms with Gasteiger partial charge in [-0.05, 0) is 32.6 Å². The Balaban J connectivity index is 3.13. The molecule has 0 radical (unpaired) electrons. The molecule has 0 unspecified atom stereocenters. The molecule has 0 aromatic rings. The standard InChI is InChI=1S/C15H28O2/c1-3-5-7-8-9-10-11-12-13-15(16)17-14-6-4-2/h3,5H,4,6-14H2,1-2H3. The fraction of sp³-hybridized carbons (Fsp3) is 0.800. The third-order valence-electron chi connectivity index (χ3n) is 2.75. The minimum absolute atomic E-state index is 0.0210. The first kappa shape index (κ1) is 16.2. The van der Waals surface area contributed by atoms with E-state index in [1.165, 1.54) is 25.7 Å². The molecule has 0 aliphatic heterocycles. The van der Waals surface area contributed by atoms with Gasteiger partial charge in [-0.25, -0.2) is 0 Å². The van der Waals surface area contributed by atoms with Crippen molar-refractivity contribution in [3.05, 3.63) is 12.2 Å². The van der Waals surface area contributed by atoms with Crippen molar-refractivity contribution < 1.29 is 9.53 Å². The molecular weight excluding hydrogens is 212 g/mol. The Morgan fingerprint density at radius 2 is 1.76 bits per heavy atom. The lowest BCUT2D eigenvalue weighted by Crippen LogP contribution is -2.05. The van der Waals surface area contributed by atoms with Crippen LogP contribution < -0.4 is 0 Å². The van der Waals surface area contributed by atoms with Crippen LogP contribution >= 0.6 is 0 Å². The fourth-order valence-electron chi connectivity index (χ4n) is 1.63. The summed E-state index contributed by atoms with van der Waals surface area (Å²) in [5.74, 6) is -0.0210. The van der Waals surface area contributed by atoms with E-state index in [0.29, 0.717) is 13.0 Å². The Hall–Kier alpha value is -0.790. The fourth-order valence-corrected chi connectivity index (χ4v) is 1.63. The van der Waals surface area contributed by atoms with E-state index in [-0.39, 0.29) is 5.97 Å². The van der Waals surface area contributed by atoms with E-state index in [0.717, 1.165) is 25.7 Å². The molecule has 0 aromatic heterocycles. The molecule has 100 valence electrons. The summed E-state index contributed by atoms with van der Waals surface area (Å²) in [6.45, 7) is 4.75. The number of hydrogen-bond donors (Lipinski definition) is 0. The molecule has 17 heavy (non-hydrogen) atoms. The second kappa shape index (κ2) is 13.3. The maximum atomic E-state index is 11.3. The molecule has 0 spiro atoms. The van der Waals surface area contributed by atoms with Crippen LogP contribution in [0.2, 0.25) is 0 Å². The van der Waals surface area contributed by atoms with Gasteiger partial charge < -0.3 is 4.74 Å². The molecule has 0 heterocycles. The van der Waals surface area contributed by atoms with Gasteiger partial charge in [-0.2, -0.15) is 0 Å². The van der Waals surface area contributed by atoms with Crippen LogP contribution in [0, 0.1) is 0 Å². The lowest BCUT2D eigenvalue weighted by molar-refractivity contribution is -0.143. The van der Waals surface area contributed by atoms with Crippen molar-refractivity contribution in [2.24, 2.45) is 0 Å². The monoisotopic (exact) mass is 240 g/mol. The molecule has 0 saturated carbocycles. The second-order valence-electron chi connectivity index (χ2n) is 4.45. The summed E-state index contributed by atoms with van der Waals surface area (Å²) in [5, 5.41) is 0. The number of carbonyl (C=O) groups excluding carboxylic acids is 1. The Kier molecular flexibility index (Phi) is 12.7. The van der Waals surface area contributed by atoms with Crippen molar-refractivity contribution in [1.82, 2.24) is 0 Å². The van der Waals surface area contributed by atoms with Crippen molar-refractivity contribution in [1.29, 1.82) is 0 Å². The summed E-state index contributed by atoms with van der Waals surface area (Å²) in [4.78, 5) is 11.3. The van der Waals surface area contributed by atoms with E-state index >= 15 is 0 Å². The van der Waals surface area contributed by atoms with E-state index in [1.807, 2.05) is 0 Å². The maximum Gasteiger partial charge on any atom is 0.305 e. The number of carbonyl (C=O) groups is 1. The van der Waals surface area contributed by atoms with E-state index in [1.54, 1.807) is 0 Å². The third kappa shape index (κ3) is 13.1. The first-order valence-corrected chi connectivity index (χ1v) is 7.08. The van der Waals surface area contributed by atoms with Gasteiger partial charge in [0.25, 0.3) is 0 Å².